The molecular formula is C11H12BrNO4. The maximum absolute atomic E-state index is 11.4. The van der Waals surface area contributed by atoms with Crippen molar-refractivity contribution in [3.05, 3.63) is 37.8 Å². The smallest absolute Gasteiger partial charge is 0.310 e. The van der Waals surface area contributed by atoms with Gasteiger partial charge in [0.05, 0.1) is 18.0 Å². The standard InChI is InChI=1S/C11H12BrNO4/c1-3-17-11(14)6-9-7(2)4-8(13(15)16)5-10(9)12/h4-5H,3,6H2,1-2H3. The third kappa shape index (κ3) is 3.52. The summed E-state index contributed by atoms with van der Waals surface area (Å²) in [4.78, 5) is 21.5. The van der Waals surface area contributed by atoms with Crippen molar-refractivity contribution in [2.24, 2.45) is 0 Å². The number of nitrogens with zero attached hydrogens (tertiary/aromatic N) is 1. The van der Waals surface area contributed by atoms with Gasteiger partial charge in [-0.05, 0) is 25.0 Å². The highest BCUT2D eigenvalue weighted by molar-refractivity contribution is 9.10. The molecule has 0 atom stereocenters. The van der Waals surface area contributed by atoms with E-state index in [-0.39, 0.29) is 18.1 Å². The van der Waals surface area contributed by atoms with Gasteiger partial charge in [-0.25, -0.2) is 0 Å². The highest BCUT2D eigenvalue weighted by Gasteiger charge is 2.15. The Balaban J connectivity index is 3.01. The molecule has 0 aliphatic rings. The lowest BCUT2D eigenvalue weighted by Crippen LogP contribution is -2.09. The molecule has 0 saturated carbocycles. The van der Waals surface area contributed by atoms with Gasteiger partial charge in [-0.1, -0.05) is 15.9 Å². The Kier molecular flexibility index (Phi) is 4.62. The van der Waals surface area contributed by atoms with Crippen LogP contribution in [0.15, 0.2) is 16.6 Å². The summed E-state index contributed by atoms with van der Waals surface area (Å²) in [6.07, 6.45) is 0.109. The number of nitro groups is 1. The van der Waals surface area contributed by atoms with Crippen molar-refractivity contribution in [1.82, 2.24) is 0 Å². The Hall–Kier alpha value is -1.43. The summed E-state index contributed by atoms with van der Waals surface area (Å²) in [5.74, 6) is -0.342. The number of carbonyl (C=O) groups excluding carboxylic acids is 1. The minimum absolute atomic E-state index is 0.00184. The molecule has 0 saturated heterocycles. The highest BCUT2D eigenvalue weighted by atomic mass is 79.9. The summed E-state index contributed by atoms with van der Waals surface area (Å²) in [5, 5.41) is 10.6. The van der Waals surface area contributed by atoms with E-state index in [9.17, 15) is 14.9 Å². The number of rotatable bonds is 4. The van der Waals surface area contributed by atoms with Crippen molar-refractivity contribution in [2.75, 3.05) is 6.61 Å². The van der Waals surface area contributed by atoms with Gasteiger partial charge in [0.2, 0.25) is 0 Å². The molecule has 17 heavy (non-hydrogen) atoms. The van der Waals surface area contributed by atoms with Crippen LogP contribution in [-0.4, -0.2) is 17.5 Å². The molecule has 1 aromatic rings. The van der Waals surface area contributed by atoms with Gasteiger partial charge in [0.1, 0.15) is 0 Å². The van der Waals surface area contributed by atoms with Crippen LogP contribution in [0.25, 0.3) is 0 Å². The molecule has 0 bridgehead atoms. The molecule has 1 rings (SSSR count). The van der Waals surface area contributed by atoms with Gasteiger partial charge in [-0.2, -0.15) is 0 Å². The van der Waals surface area contributed by atoms with Crippen molar-refractivity contribution in [3.63, 3.8) is 0 Å². The van der Waals surface area contributed by atoms with Crippen LogP contribution in [0.1, 0.15) is 18.1 Å². The van der Waals surface area contributed by atoms with Gasteiger partial charge in [-0.15, -0.1) is 0 Å². The Morgan fingerprint density at radius 3 is 2.65 bits per heavy atom. The first-order chi connectivity index (χ1) is 7.95. The van der Waals surface area contributed by atoms with E-state index in [2.05, 4.69) is 15.9 Å². The van der Waals surface area contributed by atoms with Gasteiger partial charge in [-0.3, -0.25) is 14.9 Å². The van der Waals surface area contributed by atoms with E-state index in [1.165, 1.54) is 12.1 Å². The van der Waals surface area contributed by atoms with Crippen LogP contribution in [-0.2, 0) is 16.0 Å². The topological polar surface area (TPSA) is 69.4 Å². The van der Waals surface area contributed by atoms with E-state index < -0.39 is 4.92 Å². The molecule has 0 aliphatic heterocycles. The SMILES string of the molecule is CCOC(=O)Cc1c(C)cc([N+](=O)[O-])cc1Br. The van der Waals surface area contributed by atoms with Crippen LogP contribution in [0.2, 0.25) is 0 Å². The van der Waals surface area contributed by atoms with Crippen LogP contribution in [0.3, 0.4) is 0 Å². The lowest BCUT2D eigenvalue weighted by atomic mass is 10.1. The van der Waals surface area contributed by atoms with E-state index in [0.29, 0.717) is 22.2 Å². The van der Waals surface area contributed by atoms with Gasteiger partial charge in [0.25, 0.3) is 5.69 Å². The number of nitro benzene ring substituents is 1. The highest BCUT2D eigenvalue weighted by Crippen LogP contribution is 2.27. The van der Waals surface area contributed by atoms with Gasteiger partial charge >= 0.3 is 5.97 Å². The zero-order valence-corrected chi connectivity index (χ0v) is 11.1. The zero-order valence-electron chi connectivity index (χ0n) is 9.53. The second-order valence-corrected chi connectivity index (χ2v) is 4.32. The van der Waals surface area contributed by atoms with E-state index >= 15 is 0 Å². The van der Waals surface area contributed by atoms with Crippen LogP contribution in [0.4, 0.5) is 5.69 Å². The van der Waals surface area contributed by atoms with Crippen LogP contribution >= 0.6 is 15.9 Å². The van der Waals surface area contributed by atoms with Gasteiger partial charge in [0.15, 0.2) is 0 Å². The predicted molar refractivity (Wildman–Crippen MR) is 65.9 cm³/mol. The quantitative estimate of drug-likeness (QED) is 0.487. The summed E-state index contributed by atoms with van der Waals surface area (Å²) >= 11 is 3.23. The van der Waals surface area contributed by atoms with Crippen LogP contribution in [0.5, 0.6) is 0 Å². The van der Waals surface area contributed by atoms with Crippen molar-refractivity contribution >= 4 is 27.6 Å². The molecule has 0 radical (unpaired) electrons. The number of ether oxygens (including phenoxy) is 1. The molecule has 0 spiro atoms. The number of halogens is 1. The van der Waals surface area contributed by atoms with E-state index in [1.807, 2.05) is 0 Å². The minimum atomic E-state index is -0.466. The Morgan fingerprint density at radius 1 is 1.53 bits per heavy atom. The molecule has 0 unspecified atom stereocenters. The summed E-state index contributed by atoms with van der Waals surface area (Å²) < 4.78 is 5.39. The third-order valence-electron chi connectivity index (χ3n) is 2.24. The lowest BCUT2D eigenvalue weighted by molar-refractivity contribution is -0.385. The number of hydrogen-bond donors (Lipinski definition) is 0. The van der Waals surface area contributed by atoms with Crippen molar-refractivity contribution in [1.29, 1.82) is 0 Å². The average Bonchev–Trinajstić information content (AvgIpc) is 2.23. The van der Waals surface area contributed by atoms with Crippen molar-refractivity contribution in [3.8, 4) is 0 Å². The molecule has 0 N–H and O–H groups in total. The lowest BCUT2D eigenvalue weighted by Gasteiger charge is -2.08. The third-order valence-corrected chi connectivity index (χ3v) is 2.95. The van der Waals surface area contributed by atoms with Crippen LogP contribution < -0.4 is 0 Å². The molecule has 0 aliphatic carbocycles. The number of non-ortho nitro benzene ring substituents is 1. The van der Waals surface area contributed by atoms with Crippen LogP contribution in [0, 0.1) is 17.0 Å². The first-order valence-corrected chi connectivity index (χ1v) is 5.84. The fourth-order valence-electron chi connectivity index (χ4n) is 1.44. The summed E-state index contributed by atoms with van der Waals surface area (Å²) in [6.45, 7) is 3.78. The fraction of sp³-hybridized carbons (Fsp3) is 0.364. The molecule has 0 amide bonds. The molecule has 6 heteroatoms. The number of benzene rings is 1. The number of esters is 1. The first-order valence-electron chi connectivity index (χ1n) is 5.04. The predicted octanol–water partition coefficient (Wildman–Crippen LogP) is 2.77. The van der Waals surface area contributed by atoms with E-state index in [4.69, 9.17) is 4.74 Å². The molecular weight excluding hydrogens is 290 g/mol. The molecule has 5 nitrogen and oxygen atoms in total. The Morgan fingerprint density at radius 2 is 2.18 bits per heavy atom. The summed E-state index contributed by atoms with van der Waals surface area (Å²) in [6, 6.07) is 2.83. The second kappa shape index (κ2) is 5.77. The largest absolute Gasteiger partial charge is 0.466 e. The monoisotopic (exact) mass is 301 g/mol. The van der Waals surface area contributed by atoms with E-state index in [0.717, 1.165) is 0 Å². The minimum Gasteiger partial charge on any atom is -0.466 e. The maximum Gasteiger partial charge on any atom is 0.310 e. The Bertz CT molecular complexity index is 436. The molecule has 0 aromatic heterocycles. The van der Waals surface area contributed by atoms with Gasteiger partial charge in [0, 0.05) is 16.6 Å². The summed E-state index contributed by atoms with van der Waals surface area (Å²) in [5.41, 5.74) is 1.41. The van der Waals surface area contributed by atoms with E-state index in [1.54, 1.807) is 13.8 Å². The molecule has 0 heterocycles. The maximum atomic E-state index is 11.4. The van der Waals surface area contributed by atoms with Crippen molar-refractivity contribution < 1.29 is 14.5 Å². The molecule has 0 fully saturated rings. The normalized spacial score (nSPS) is 10.1. The molecule has 92 valence electrons. The summed E-state index contributed by atoms with van der Waals surface area (Å²) in [7, 11) is 0. The average molecular weight is 302 g/mol. The van der Waals surface area contributed by atoms with Gasteiger partial charge < -0.3 is 4.74 Å². The fourth-order valence-corrected chi connectivity index (χ4v) is 2.13. The second-order valence-electron chi connectivity index (χ2n) is 3.46. The number of aryl methyl sites for hydroxylation is 1. The number of carbonyl (C=O) groups is 1. The Labute approximate surface area is 107 Å². The zero-order chi connectivity index (χ0) is 13.0. The molecule has 1 aromatic carbocycles. The number of hydrogen-bond acceptors (Lipinski definition) is 4. The first kappa shape index (κ1) is 13.6. The van der Waals surface area contributed by atoms with Crippen molar-refractivity contribution in [2.45, 2.75) is 20.3 Å².